The monoisotopic (exact) mass is 341 g/mol. The van der Waals surface area contributed by atoms with Crippen LogP contribution in [0, 0.1) is 5.82 Å². The molecular formula is C19H16FNO4. The van der Waals surface area contributed by atoms with Gasteiger partial charge in [0.2, 0.25) is 0 Å². The van der Waals surface area contributed by atoms with Crippen LogP contribution >= 0.6 is 0 Å². The molecule has 128 valence electrons. The number of halogens is 1. The fraction of sp³-hybridized carbons (Fsp3) is 0.158. The molecule has 0 saturated heterocycles. The van der Waals surface area contributed by atoms with Crippen molar-refractivity contribution < 1.29 is 18.3 Å². The predicted molar refractivity (Wildman–Crippen MR) is 91.1 cm³/mol. The summed E-state index contributed by atoms with van der Waals surface area (Å²) in [5.41, 5.74) is 0.494. The molecule has 0 fully saturated rings. The van der Waals surface area contributed by atoms with Gasteiger partial charge in [0.1, 0.15) is 17.1 Å². The van der Waals surface area contributed by atoms with Gasteiger partial charge in [-0.05, 0) is 36.2 Å². The number of carbonyl (C=O) groups excluding carboxylic acids is 1. The van der Waals surface area contributed by atoms with Crippen molar-refractivity contribution in [1.82, 2.24) is 5.32 Å². The lowest BCUT2D eigenvalue weighted by Gasteiger charge is -2.08. The molecule has 0 aliphatic heterocycles. The van der Waals surface area contributed by atoms with E-state index >= 15 is 0 Å². The fourth-order valence-corrected chi connectivity index (χ4v) is 2.37. The molecule has 0 atom stereocenters. The molecule has 0 aliphatic rings. The Morgan fingerprint density at radius 3 is 2.76 bits per heavy atom. The van der Waals surface area contributed by atoms with Gasteiger partial charge in [-0.15, -0.1) is 0 Å². The standard InChI is InChI=1S/C19H16FNO4/c20-16-4-2-1-3-13(16)9-10-21-18(22)12-24-15-7-5-14-6-8-19(23)25-17(14)11-15/h1-8,11H,9-10,12H2,(H,21,22). The van der Waals surface area contributed by atoms with Crippen LogP contribution in [0.2, 0.25) is 0 Å². The molecule has 5 nitrogen and oxygen atoms in total. The van der Waals surface area contributed by atoms with E-state index in [0.29, 0.717) is 29.9 Å². The summed E-state index contributed by atoms with van der Waals surface area (Å²) in [7, 11) is 0. The molecule has 6 heteroatoms. The van der Waals surface area contributed by atoms with Crippen LogP contribution in [0.25, 0.3) is 11.0 Å². The molecule has 2 aromatic carbocycles. The van der Waals surface area contributed by atoms with Gasteiger partial charge in [0.15, 0.2) is 6.61 Å². The number of ether oxygens (including phenoxy) is 1. The Hall–Kier alpha value is -3.15. The van der Waals surface area contributed by atoms with Crippen molar-refractivity contribution >= 4 is 16.9 Å². The van der Waals surface area contributed by atoms with E-state index in [2.05, 4.69) is 5.32 Å². The van der Waals surface area contributed by atoms with Gasteiger partial charge in [-0.25, -0.2) is 9.18 Å². The maximum Gasteiger partial charge on any atom is 0.336 e. The highest BCUT2D eigenvalue weighted by atomic mass is 19.1. The molecule has 0 saturated carbocycles. The summed E-state index contributed by atoms with van der Waals surface area (Å²) in [6.45, 7) is 0.134. The zero-order chi connectivity index (χ0) is 17.6. The molecule has 0 bridgehead atoms. The number of nitrogens with one attached hydrogen (secondary N) is 1. The molecular weight excluding hydrogens is 325 g/mol. The average Bonchev–Trinajstić information content (AvgIpc) is 2.61. The Labute approximate surface area is 143 Å². The van der Waals surface area contributed by atoms with Crippen molar-refractivity contribution in [2.45, 2.75) is 6.42 Å². The largest absolute Gasteiger partial charge is 0.484 e. The number of benzene rings is 2. The van der Waals surface area contributed by atoms with Crippen LogP contribution in [0.15, 0.2) is 63.8 Å². The Kier molecular flexibility index (Phi) is 5.09. The van der Waals surface area contributed by atoms with Gasteiger partial charge < -0.3 is 14.5 Å². The van der Waals surface area contributed by atoms with Crippen LogP contribution in [0.3, 0.4) is 0 Å². The molecule has 3 rings (SSSR count). The molecule has 0 unspecified atom stereocenters. The van der Waals surface area contributed by atoms with E-state index in [0.717, 1.165) is 5.39 Å². The number of rotatable bonds is 6. The fourth-order valence-electron chi connectivity index (χ4n) is 2.37. The zero-order valence-corrected chi connectivity index (χ0v) is 13.3. The first kappa shape index (κ1) is 16.7. The van der Waals surface area contributed by atoms with Gasteiger partial charge in [-0.1, -0.05) is 18.2 Å². The summed E-state index contributed by atoms with van der Waals surface area (Å²) >= 11 is 0. The summed E-state index contributed by atoms with van der Waals surface area (Å²) in [6, 6.07) is 14.4. The number of carbonyl (C=O) groups is 1. The van der Waals surface area contributed by atoms with Gasteiger partial charge in [0.05, 0.1) is 0 Å². The Balaban J connectivity index is 1.50. The van der Waals surface area contributed by atoms with Gasteiger partial charge in [-0.3, -0.25) is 4.79 Å². The summed E-state index contributed by atoms with van der Waals surface area (Å²) in [5, 5.41) is 3.44. The summed E-state index contributed by atoms with van der Waals surface area (Å²) in [5.74, 6) is -0.178. The minimum absolute atomic E-state index is 0.181. The lowest BCUT2D eigenvalue weighted by molar-refractivity contribution is -0.123. The topological polar surface area (TPSA) is 68.5 Å². The minimum Gasteiger partial charge on any atom is -0.484 e. The van der Waals surface area contributed by atoms with Crippen molar-refractivity contribution in [3.8, 4) is 5.75 Å². The third kappa shape index (κ3) is 4.44. The van der Waals surface area contributed by atoms with Crippen LogP contribution in [-0.4, -0.2) is 19.1 Å². The average molecular weight is 341 g/mol. The second-order valence-corrected chi connectivity index (χ2v) is 5.43. The molecule has 1 amide bonds. The van der Waals surface area contributed by atoms with E-state index in [1.54, 1.807) is 42.5 Å². The highest BCUT2D eigenvalue weighted by Crippen LogP contribution is 2.19. The summed E-state index contributed by atoms with van der Waals surface area (Å²) < 4.78 is 23.9. The van der Waals surface area contributed by atoms with Crippen molar-refractivity contribution in [3.05, 3.63) is 76.4 Å². The van der Waals surface area contributed by atoms with Crippen LogP contribution in [0.1, 0.15) is 5.56 Å². The SMILES string of the molecule is O=C(COc1ccc2ccc(=O)oc2c1)NCCc1ccccc1F. The van der Waals surface area contributed by atoms with Crippen molar-refractivity contribution in [2.75, 3.05) is 13.2 Å². The van der Waals surface area contributed by atoms with E-state index in [9.17, 15) is 14.0 Å². The zero-order valence-electron chi connectivity index (χ0n) is 13.3. The van der Waals surface area contributed by atoms with Crippen LogP contribution in [0.5, 0.6) is 5.75 Å². The van der Waals surface area contributed by atoms with E-state index in [4.69, 9.17) is 9.15 Å². The van der Waals surface area contributed by atoms with Crippen LogP contribution in [-0.2, 0) is 11.2 Å². The maximum atomic E-state index is 13.5. The van der Waals surface area contributed by atoms with E-state index < -0.39 is 5.63 Å². The van der Waals surface area contributed by atoms with Crippen molar-refractivity contribution in [2.24, 2.45) is 0 Å². The van der Waals surface area contributed by atoms with E-state index in [-0.39, 0.29) is 18.3 Å². The molecule has 0 spiro atoms. The smallest absolute Gasteiger partial charge is 0.336 e. The second kappa shape index (κ2) is 7.61. The lowest BCUT2D eigenvalue weighted by Crippen LogP contribution is -2.30. The molecule has 1 aromatic heterocycles. The molecule has 3 aromatic rings. The Morgan fingerprint density at radius 1 is 1.12 bits per heavy atom. The molecule has 0 radical (unpaired) electrons. The number of hydrogen-bond donors (Lipinski definition) is 1. The minimum atomic E-state index is -0.449. The molecule has 1 N–H and O–H groups in total. The highest BCUT2D eigenvalue weighted by molar-refractivity contribution is 5.79. The maximum absolute atomic E-state index is 13.5. The van der Waals surface area contributed by atoms with Gasteiger partial charge in [-0.2, -0.15) is 0 Å². The number of hydrogen-bond acceptors (Lipinski definition) is 4. The third-order valence-electron chi connectivity index (χ3n) is 3.64. The predicted octanol–water partition coefficient (Wildman–Crippen LogP) is 2.67. The first-order chi connectivity index (χ1) is 12.1. The second-order valence-electron chi connectivity index (χ2n) is 5.43. The number of fused-ring (bicyclic) bond motifs is 1. The van der Waals surface area contributed by atoms with E-state index in [1.807, 2.05) is 0 Å². The summed E-state index contributed by atoms with van der Waals surface area (Å²) in [6.07, 6.45) is 0.402. The van der Waals surface area contributed by atoms with Crippen molar-refractivity contribution in [3.63, 3.8) is 0 Å². The molecule has 0 aliphatic carbocycles. The third-order valence-corrected chi connectivity index (χ3v) is 3.64. The van der Waals surface area contributed by atoms with Crippen LogP contribution < -0.4 is 15.7 Å². The highest BCUT2D eigenvalue weighted by Gasteiger charge is 2.06. The first-order valence-corrected chi connectivity index (χ1v) is 7.79. The first-order valence-electron chi connectivity index (χ1n) is 7.79. The molecule has 25 heavy (non-hydrogen) atoms. The van der Waals surface area contributed by atoms with Crippen LogP contribution in [0.4, 0.5) is 4.39 Å². The normalized spacial score (nSPS) is 10.6. The van der Waals surface area contributed by atoms with Gasteiger partial charge in [0, 0.05) is 24.1 Å². The summed E-state index contributed by atoms with van der Waals surface area (Å²) in [4.78, 5) is 23.0. The van der Waals surface area contributed by atoms with E-state index in [1.165, 1.54) is 12.1 Å². The van der Waals surface area contributed by atoms with Gasteiger partial charge in [0.25, 0.3) is 5.91 Å². The van der Waals surface area contributed by atoms with Gasteiger partial charge >= 0.3 is 5.63 Å². The lowest BCUT2D eigenvalue weighted by atomic mass is 10.1. The Morgan fingerprint density at radius 2 is 1.92 bits per heavy atom. The molecule has 1 heterocycles. The Bertz CT molecular complexity index is 951. The van der Waals surface area contributed by atoms with Crippen molar-refractivity contribution in [1.29, 1.82) is 0 Å². The number of amides is 1. The quantitative estimate of drug-likeness (QED) is 0.700.